The van der Waals surface area contributed by atoms with Gasteiger partial charge in [0, 0.05) is 18.8 Å². The lowest BCUT2D eigenvalue weighted by molar-refractivity contribution is -0.128. The minimum Gasteiger partial charge on any atom is -0.369 e. The molecule has 2 heterocycles. The number of carbonyl (C=O) groups is 1. The molecule has 6 nitrogen and oxygen atoms in total. The number of rotatable bonds is 3. The lowest BCUT2D eigenvalue weighted by Gasteiger charge is -2.32. The van der Waals surface area contributed by atoms with Crippen molar-refractivity contribution in [1.82, 2.24) is 14.7 Å². The largest absolute Gasteiger partial charge is 0.369 e. The van der Waals surface area contributed by atoms with Gasteiger partial charge in [-0.15, -0.1) is 0 Å². The highest BCUT2D eigenvalue weighted by atomic mass is 16.2. The predicted octanol–water partition coefficient (Wildman–Crippen LogP) is 1.83. The van der Waals surface area contributed by atoms with Crippen LogP contribution in [0.15, 0.2) is 41.7 Å². The van der Waals surface area contributed by atoms with Crippen molar-refractivity contribution in [2.75, 3.05) is 7.05 Å². The molecule has 6 heteroatoms. The van der Waals surface area contributed by atoms with Gasteiger partial charge in [-0.25, -0.2) is 9.67 Å². The van der Waals surface area contributed by atoms with Crippen molar-refractivity contribution in [3.8, 4) is 5.69 Å². The van der Waals surface area contributed by atoms with Crippen LogP contribution in [0, 0.1) is 0 Å². The van der Waals surface area contributed by atoms with Gasteiger partial charge in [-0.3, -0.25) is 9.69 Å². The van der Waals surface area contributed by atoms with E-state index in [0.29, 0.717) is 0 Å². The Hall–Kier alpha value is -2.63. The third kappa shape index (κ3) is 2.72. The average Bonchev–Trinajstić information content (AvgIpc) is 3.03. The second-order valence-electron chi connectivity index (χ2n) is 6.07. The molecular weight excluding hydrogens is 290 g/mol. The maximum absolute atomic E-state index is 12.1. The van der Waals surface area contributed by atoms with E-state index in [0.717, 1.165) is 17.7 Å². The number of nitrogens with zero attached hydrogens (tertiary/aromatic N) is 4. The monoisotopic (exact) mass is 311 g/mol. The molecule has 0 spiro atoms. The lowest BCUT2D eigenvalue weighted by Crippen LogP contribution is -2.47. The molecule has 1 atom stereocenters. The van der Waals surface area contributed by atoms with E-state index in [1.807, 2.05) is 29.9 Å². The smallest absolute Gasteiger partial charge is 0.231 e. The van der Waals surface area contributed by atoms with Gasteiger partial charge in [-0.1, -0.05) is 19.1 Å². The third-order valence-corrected chi connectivity index (χ3v) is 4.36. The van der Waals surface area contributed by atoms with Gasteiger partial charge in [-0.05, 0) is 31.0 Å². The minimum atomic E-state index is -0.672. The Morgan fingerprint density at radius 2 is 2.17 bits per heavy atom. The summed E-state index contributed by atoms with van der Waals surface area (Å²) < 4.78 is 1.81. The van der Waals surface area contributed by atoms with Crippen LogP contribution in [0.3, 0.4) is 0 Å². The van der Waals surface area contributed by atoms with Crippen molar-refractivity contribution >= 4 is 11.9 Å². The second-order valence-corrected chi connectivity index (χ2v) is 6.07. The minimum absolute atomic E-state index is 0.0410. The van der Waals surface area contributed by atoms with E-state index >= 15 is 0 Å². The fourth-order valence-electron chi connectivity index (χ4n) is 2.74. The highest BCUT2D eigenvalue weighted by Gasteiger charge is 2.37. The summed E-state index contributed by atoms with van der Waals surface area (Å²) in [5.41, 5.74) is 8.32. The number of hydrogen-bond donors (Lipinski definition) is 1. The van der Waals surface area contributed by atoms with E-state index in [2.05, 4.69) is 29.1 Å². The highest BCUT2D eigenvalue weighted by Crippen LogP contribution is 2.32. The van der Waals surface area contributed by atoms with E-state index in [9.17, 15) is 4.79 Å². The molecule has 1 aliphatic heterocycles. The molecule has 120 valence electrons. The van der Waals surface area contributed by atoms with Crippen molar-refractivity contribution in [3.63, 3.8) is 0 Å². The van der Waals surface area contributed by atoms with Gasteiger partial charge in [0.2, 0.25) is 5.91 Å². The maximum atomic E-state index is 12.1. The molecule has 0 unspecified atom stereocenters. The molecule has 1 aromatic heterocycles. The molecule has 1 aromatic carbocycles. The summed E-state index contributed by atoms with van der Waals surface area (Å²) in [7, 11) is 1.64. The lowest BCUT2D eigenvalue weighted by atomic mass is 9.90. The van der Waals surface area contributed by atoms with Crippen LogP contribution < -0.4 is 5.73 Å². The first-order valence-electron chi connectivity index (χ1n) is 7.69. The Bertz CT molecular complexity index is 779. The van der Waals surface area contributed by atoms with E-state index in [4.69, 9.17) is 5.73 Å². The number of guanidine groups is 1. The Morgan fingerprint density at radius 3 is 2.87 bits per heavy atom. The van der Waals surface area contributed by atoms with Crippen molar-refractivity contribution in [3.05, 3.63) is 47.8 Å². The number of carbonyl (C=O) groups excluding carboxylic acids is 1. The maximum Gasteiger partial charge on any atom is 0.231 e. The molecule has 0 aliphatic carbocycles. The zero-order valence-electron chi connectivity index (χ0n) is 13.7. The standard InChI is InChI=1S/C17H21N5O/c1-4-12-6-5-7-14(8-12)22-11-13(10-19-22)17(2)9-15(23)21(3)16(18)20-17/h5-8,10-11H,4,9H2,1-3H3,(H2,18,20)/t17-/m0/s1. The summed E-state index contributed by atoms with van der Waals surface area (Å²) in [6.07, 6.45) is 4.93. The van der Waals surface area contributed by atoms with Gasteiger partial charge in [0.1, 0.15) is 0 Å². The van der Waals surface area contributed by atoms with Crippen molar-refractivity contribution in [1.29, 1.82) is 0 Å². The molecule has 0 bridgehead atoms. The van der Waals surface area contributed by atoms with E-state index in [1.165, 1.54) is 10.5 Å². The van der Waals surface area contributed by atoms with Crippen molar-refractivity contribution < 1.29 is 4.79 Å². The van der Waals surface area contributed by atoms with Gasteiger partial charge in [0.25, 0.3) is 0 Å². The van der Waals surface area contributed by atoms with E-state index in [1.54, 1.807) is 13.2 Å². The Labute approximate surface area is 135 Å². The highest BCUT2D eigenvalue weighted by molar-refractivity contribution is 5.98. The summed E-state index contributed by atoms with van der Waals surface area (Å²) in [6.45, 7) is 4.03. The predicted molar refractivity (Wildman–Crippen MR) is 89.3 cm³/mol. The first-order chi connectivity index (χ1) is 10.9. The number of benzene rings is 1. The van der Waals surface area contributed by atoms with Crippen LogP contribution in [0.25, 0.3) is 5.69 Å². The first-order valence-corrected chi connectivity index (χ1v) is 7.69. The van der Waals surface area contributed by atoms with E-state index < -0.39 is 5.54 Å². The van der Waals surface area contributed by atoms with Crippen LogP contribution in [-0.2, 0) is 16.8 Å². The van der Waals surface area contributed by atoms with Gasteiger partial charge in [0.05, 0.1) is 23.8 Å². The quantitative estimate of drug-likeness (QED) is 0.939. The van der Waals surface area contributed by atoms with E-state index in [-0.39, 0.29) is 18.3 Å². The molecule has 2 N–H and O–H groups in total. The third-order valence-electron chi connectivity index (χ3n) is 4.36. The number of hydrogen-bond acceptors (Lipinski definition) is 4. The number of nitrogens with two attached hydrogens (primary N) is 1. The first kappa shape index (κ1) is 15.3. The summed E-state index contributed by atoms with van der Waals surface area (Å²) in [4.78, 5) is 18.0. The Balaban J connectivity index is 1.97. The topological polar surface area (TPSA) is 76.5 Å². The number of aliphatic imine (C=N–C) groups is 1. The second kappa shape index (κ2) is 5.53. The molecule has 0 saturated heterocycles. The van der Waals surface area contributed by atoms with Gasteiger partial charge in [-0.2, -0.15) is 5.10 Å². The van der Waals surface area contributed by atoms with Crippen molar-refractivity contribution in [2.45, 2.75) is 32.2 Å². The fraction of sp³-hybridized carbons (Fsp3) is 0.353. The normalized spacial score (nSPS) is 21.4. The summed E-state index contributed by atoms with van der Waals surface area (Å²) in [5.74, 6) is 0.199. The molecule has 2 aromatic rings. The fourth-order valence-corrected chi connectivity index (χ4v) is 2.74. The number of aromatic nitrogens is 2. The van der Waals surface area contributed by atoms with Crippen LogP contribution in [-0.4, -0.2) is 33.6 Å². The SMILES string of the molecule is CCc1cccc(-n2cc([C@]3(C)CC(=O)N(C)C(N)=N3)cn2)c1. The summed E-state index contributed by atoms with van der Waals surface area (Å²) >= 11 is 0. The number of aryl methyl sites for hydroxylation is 1. The van der Waals surface area contributed by atoms with Crippen LogP contribution in [0.2, 0.25) is 0 Å². The molecule has 0 fully saturated rings. The molecule has 0 saturated carbocycles. The zero-order chi connectivity index (χ0) is 16.6. The van der Waals surface area contributed by atoms with Crippen LogP contribution >= 0.6 is 0 Å². The van der Waals surface area contributed by atoms with Gasteiger partial charge < -0.3 is 5.73 Å². The molecule has 0 radical (unpaired) electrons. The molecule has 1 aliphatic rings. The molecular formula is C17H21N5O. The zero-order valence-corrected chi connectivity index (χ0v) is 13.7. The average molecular weight is 311 g/mol. The number of amides is 1. The van der Waals surface area contributed by atoms with Gasteiger partial charge in [0.15, 0.2) is 5.96 Å². The van der Waals surface area contributed by atoms with Crippen LogP contribution in [0.4, 0.5) is 0 Å². The Morgan fingerprint density at radius 1 is 1.39 bits per heavy atom. The molecule has 3 rings (SSSR count). The Kier molecular flexibility index (Phi) is 3.67. The summed E-state index contributed by atoms with van der Waals surface area (Å²) in [6, 6.07) is 8.23. The molecule has 1 amide bonds. The van der Waals surface area contributed by atoms with Crippen LogP contribution in [0.1, 0.15) is 31.4 Å². The van der Waals surface area contributed by atoms with Crippen molar-refractivity contribution in [2.24, 2.45) is 10.7 Å². The molecule has 23 heavy (non-hydrogen) atoms. The summed E-state index contributed by atoms with van der Waals surface area (Å²) in [5, 5.41) is 4.43. The van der Waals surface area contributed by atoms with Gasteiger partial charge >= 0.3 is 0 Å². The van der Waals surface area contributed by atoms with Crippen LogP contribution in [0.5, 0.6) is 0 Å².